The van der Waals surface area contributed by atoms with E-state index in [0.717, 1.165) is 18.4 Å². The van der Waals surface area contributed by atoms with Crippen LogP contribution in [0.5, 0.6) is 0 Å². The number of amides is 2. The fourth-order valence-corrected chi connectivity index (χ4v) is 3.42. The van der Waals surface area contributed by atoms with Gasteiger partial charge in [-0.05, 0) is 25.0 Å². The third kappa shape index (κ3) is 3.92. The van der Waals surface area contributed by atoms with E-state index < -0.39 is 0 Å². The van der Waals surface area contributed by atoms with Gasteiger partial charge in [-0.2, -0.15) is 0 Å². The zero-order valence-electron chi connectivity index (χ0n) is 13.3. The summed E-state index contributed by atoms with van der Waals surface area (Å²) in [6.45, 7) is 0.892. The van der Waals surface area contributed by atoms with Gasteiger partial charge in [0.15, 0.2) is 0 Å². The van der Waals surface area contributed by atoms with E-state index in [2.05, 4.69) is 17.2 Å². The molecular weight excluding hydrogens is 288 g/mol. The number of nitrogens with one attached hydrogen (secondary N) is 1. The molecule has 1 N–H and O–H groups in total. The van der Waals surface area contributed by atoms with Gasteiger partial charge in [-0.1, -0.05) is 42.9 Å². The normalized spacial score (nSPS) is 21.1. The molecule has 4 nitrogen and oxygen atoms in total. The molecule has 3 rings (SSSR count). The lowest BCUT2D eigenvalue weighted by molar-refractivity contribution is -0.130. The zero-order valence-corrected chi connectivity index (χ0v) is 13.3. The van der Waals surface area contributed by atoms with E-state index >= 15 is 0 Å². The van der Waals surface area contributed by atoms with Crippen LogP contribution in [0.1, 0.15) is 37.7 Å². The van der Waals surface area contributed by atoms with Crippen LogP contribution in [-0.2, 0) is 9.59 Å². The van der Waals surface area contributed by atoms with Crippen molar-refractivity contribution >= 4 is 11.8 Å². The summed E-state index contributed by atoms with van der Waals surface area (Å²) in [7, 11) is 0. The highest BCUT2D eigenvalue weighted by atomic mass is 16.2. The van der Waals surface area contributed by atoms with Crippen molar-refractivity contribution in [3.63, 3.8) is 0 Å². The Hall–Kier alpha value is -2.28. The summed E-state index contributed by atoms with van der Waals surface area (Å²) in [5.74, 6) is 5.82. The third-order valence-electron chi connectivity index (χ3n) is 4.65. The van der Waals surface area contributed by atoms with E-state index in [0.29, 0.717) is 25.6 Å². The molecule has 4 heteroatoms. The predicted octanol–water partition coefficient (Wildman–Crippen LogP) is 1.95. The Morgan fingerprint density at radius 1 is 1.22 bits per heavy atom. The Bertz CT molecular complexity index is 624. The first kappa shape index (κ1) is 15.6. The molecule has 23 heavy (non-hydrogen) atoms. The minimum atomic E-state index is -0.221. The first-order valence-corrected chi connectivity index (χ1v) is 8.35. The molecule has 2 fully saturated rings. The van der Waals surface area contributed by atoms with Crippen molar-refractivity contribution in [2.75, 3.05) is 13.1 Å². The summed E-state index contributed by atoms with van der Waals surface area (Å²) < 4.78 is 0. The van der Waals surface area contributed by atoms with Crippen molar-refractivity contribution in [1.29, 1.82) is 0 Å². The molecule has 1 atom stereocenters. The van der Waals surface area contributed by atoms with Crippen LogP contribution in [-0.4, -0.2) is 35.8 Å². The monoisotopic (exact) mass is 310 g/mol. The molecule has 0 unspecified atom stereocenters. The molecule has 1 saturated heterocycles. The number of carbonyl (C=O) groups is 2. The number of hydrogen-bond acceptors (Lipinski definition) is 2. The summed E-state index contributed by atoms with van der Waals surface area (Å²) in [4.78, 5) is 26.2. The molecule has 1 aliphatic carbocycles. The highest BCUT2D eigenvalue weighted by molar-refractivity contribution is 5.89. The van der Waals surface area contributed by atoms with Gasteiger partial charge in [-0.15, -0.1) is 0 Å². The highest BCUT2D eigenvalue weighted by Gasteiger charge is 2.38. The van der Waals surface area contributed by atoms with Crippen LogP contribution in [0.15, 0.2) is 30.3 Å². The van der Waals surface area contributed by atoms with Crippen LogP contribution in [0.25, 0.3) is 0 Å². The van der Waals surface area contributed by atoms with Crippen molar-refractivity contribution in [2.24, 2.45) is 5.92 Å². The first-order chi connectivity index (χ1) is 11.2. The second-order valence-corrected chi connectivity index (χ2v) is 6.27. The van der Waals surface area contributed by atoms with Crippen LogP contribution < -0.4 is 5.32 Å². The van der Waals surface area contributed by atoms with E-state index in [1.807, 2.05) is 35.2 Å². The lowest BCUT2D eigenvalue weighted by Crippen LogP contribution is -2.37. The number of rotatable bonds is 3. The molecule has 2 amide bonds. The van der Waals surface area contributed by atoms with Crippen LogP contribution >= 0.6 is 0 Å². The van der Waals surface area contributed by atoms with E-state index in [-0.39, 0.29) is 17.7 Å². The van der Waals surface area contributed by atoms with Crippen molar-refractivity contribution in [3.8, 4) is 11.8 Å². The lowest BCUT2D eigenvalue weighted by atomic mass is 10.1. The minimum Gasteiger partial charge on any atom is -0.345 e. The van der Waals surface area contributed by atoms with Gasteiger partial charge in [-0.25, -0.2) is 0 Å². The van der Waals surface area contributed by atoms with Gasteiger partial charge >= 0.3 is 0 Å². The fraction of sp³-hybridized carbons (Fsp3) is 0.474. The van der Waals surface area contributed by atoms with Gasteiger partial charge in [0.25, 0.3) is 0 Å². The van der Waals surface area contributed by atoms with Gasteiger partial charge in [0.05, 0.1) is 12.5 Å². The first-order valence-electron chi connectivity index (χ1n) is 8.35. The molecule has 0 aromatic heterocycles. The quantitative estimate of drug-likeness (QED) is 0.868. The molecule has 1 saturated carbocycles. The Kier molecular flexibility index (Phi) is 4.97. The Balaban J connectivity index is 1.47. The lowest BCUT2D eigenvalue weighted by Gasteiger charge is -2.23. The summed E-state index contributed by atoms with van der Waals surface area (Å²) in [5.41, 5.74) is 0.935. The SMILES string of the molecule is O=C(NCC#Cc1ccccc1)[C@H]1CC(=O)N(C2CCCC2)C1. The van der Waals surface area contributed by atoms with Crippen LogP contribution in [0, 0.1) is 17.8 Å². The fourth-order valence-electron chi connectivity index (χ4n) is 3.42. The zero-order chi connectivity index (χ0) is 16.1. The largest absolute Gasteiger partial charge is 0.345 e. The molecule has 1 heterocycles. The number of likely N-dealkylation sites (tertiary alicyclic amines) is 1. The van der Waals surface area contributed by atoms with Gasteiger partial charge in [-0.3, -0.25) is 9.59 Å². The molecule has 1 aromatic carbocycles. The van der Waals surface area contributed by atoms with E-state index in [1.165, 1.54) is 12.8 Å². The summed E-state index contributed by atoms with van der Waals surface area (Å²) in [5, 5.41) is 2.84. The second-order valence-electron chi connectivity index (χ2n) is 6.27. The maximum absolute atomic E-state index is 12.2. The molecule has 120 valence electrons. The summed E-state index contributed by atoms with van der Waals surface area (Å²) in [6, 6.07) is 10.0. The van der Waals surface area contributed by atoms with Crippen LogP contribution in [0.2, 0.25) is 0 Å². The number of nitrogens with zero attached hydrogens (tertiary/aromatic N) is 1. The van der Waals surface area contributed by atoms with Gasteiger partial charge in [0.1, 0.15) is 0 Å². The average molecular weight is 310 g/mol. The number of carbonyl (C=O) groups excluding carboxylic acids is 2. The highest BCUT2D eigenvalue weighted by Crippen LogP contribution is 2.29. The molecule has 1 aliphatic heterocycles. The second kappa shape index (κ2) is 7.32. The molecule has 0 bridgehead atoms. The molecule has 0 radical (unpaired) electrons. The van der Waals surface area contributed by atoms with Crippen LogP contribution in [0.3, 0.4) is 0 Å². The number of hydrogen-bond donors (Lipinski definition) is 1. The third-order valence-corrected chi connectivity index (χ3v) is 4.65. The summed E-state index contributed by atoms with van der Waals surface area (Å²) >= 11 is 0. The standard InChI is InChI=1S/C19H22N2O2/c22-18-13-16(14-21(18)17-10-4-5-11-17)19(23)20-12-6-9-15-7-2-1-3-8-15/h1-3,7-8,16-17H,4-5,10-14H2,(H,20,23)/t16-/m0/s1. The van der Waals surface area contributed by atoms with E-state index in [9.17, 15) is 9.59 Å². The molecular formula is C19H22N2O2. The molecule has 1 aromatic rings. The van der Waals surface area contributed by atoms with Crippen molar-refractivity contribution in [2.45, 2.75) is 38.1 Å². The van der Waals surface area contributed by atoms with Gasteiger partial charge in [0, 0.05) is 24.6 Å². The van der Waals surface area contributed by atoms with Crippen molar-refractivity contribution < 1.29 is 9.59 Å². The van der Waals surface area contributed by atoms with E-state index in [4.69, 9.17) is 0 Å². The Labute approximate surface area is 137 Å². The predicted molar refractivity (Wildman–Crippen MR) is 88.4 cm³/mol. The van der Waals surface area contributed by atoms with Gasteiger partial charge in [0.2, 0.25) is 11.8 Å². The van der Waals surface area contributed by atoms with Crippen molar-refractivity contribution in [1.82, 2.24) is 10.2 Å². The maximum atomic E-state index is 12.2. The molecule has 0 spiro atoms. The average Bonchev–Trinajstić information content (AvgIpc) is 3.21. The van der Waals surface area contributed by atoms with E-state index in [1.54, 1.807) is 0 Å². The topological polar surface area (TPSA) is 49.4 Å². The Morgan fingerprint density at radius 3 is 2.70 bits per heavy atom. The van der Waals surface area contributed by atoms with Gasteiger partial charge < -0.3 is 10.2 Å². The maximum Gasteiger partial charge on any atom is 0.226 e. The number of benzene rings is 1. The smallest absolute Gasteiger partial charge is 0.226 e. The molecule has 2 aliphatic rings. The van der Waals surface area contributed by atoms with Crippen LogP contribution in [0.4, 0.5) is 0 Å². The minimum absolute atomic E-state index is 0.0544. The van der Waals surface area contributed by atoms with Crippen molar-refractivity contribution in [3.05, 3.63) is 35.9 Å². The summed E-state index contributed by atoms with van der Waals surface area (Å²) in [6.07, 6.45) is 4.90. The Morgan fingerprint density at radius 2 is 1.96 bits per heavy atom.